The van der Waals surface area contributed by atoms with Crippen LogP contribution in [0.2, 0.25) is 0 Å². The summed E-state index contributed by atoms with van der Waals surface area (Å²) in [4.78, 5) is 12.4. The molecule has 4 nitrogen and oxygen atoms in total. The molecule has 0 radical (unpaired) electrons. The third-order valence-electron chi connectivity index (χ3n) is 4.60. The summed E-state index contributed by atoms with van der Waals surface area (Å²) in [6.45, 7) is 0.360. The number of amides is 1. The van der Waals surface area contributed by atoms with Crippen molar-refractivity contribution in [1.82, 2.24) is 9.88 Å². The highest BCUT2D eigenvalue weighted by Crippen LogP contribution is 2.37. The lowest BCUT2D eigenvalue weighted by atomic mass is 9.94. The average molecular weight is 355 g/mol. The summed E-state index contributed by atoms with van der Waals surface area (Å²) in [6.07, 6.45) is 10.3. The van der Waals surface area contributed by atoms with Gasteiger partial charge in [0.25, 0.3) is 5.91 Å². The Bertz CT molecular complexity index is 514. The van der Waals surface area contributed by atoms with E-state index in [9.17, 15) is 9.90 Å². The molecular weight excluding hydrogens is 332 g/mol. The summed E-state index contributed by atoms with van der Waals surface area (Å²) in [7, 11) is 0. The molecule has 2 fully saturated rings. The molecule has 0 bridgehead atoms. The van der Waals surface area contributed by atoms with Crippen LogP contribution in [0.1, 0.15) is 67.9 Å². The van der Waals surface area contributed by atoms with Gasteiger partial charge in [0.05, 0.1) is 5.60 Å². The lowest BCUT2D eigenvalue weighted by Crippen LogP contribution is -2.43. The number of halogens is 1. The van der Waals surface area contributed by atoms with Gasteiger partial charge < -0.3 is 15.0 Å². The van der Waals surface area contributed by atoms with E-state index < -0.39 is 5.60 Å². The normalized spacial score (nSPS) is 21.8. The molecule has 2 aliphatic rings. The highest BCUT2D eigenvalue weighted by atomic mass is 79.9. The zero-order chi connectivity index (χ0) is 14.9. The van der Waals surface area contributed by atoms with Gasteiger partial charge in [0, 0.05) is 23.3 Å². The van der Waals surface area contributed by atoms with E-state index in [2.05, 4.69) is 25.8 Å². The maximum Gasteiger partial charge on any atom is 0.268 e. The van der Waals surface area contributed by atoms with Crippen molar-refractivity contribution >= 4 is 21.8 Å². The van der Waals surface area contributed by atoms with Crippen LogP contribution in [0.25, 0.3) is 0 Å². The van der Waals surface area contributed by atoms with Crippen molar-refractivity contribution in [1.29, 1.82) is 0 Å². The van der Waals surface area contributed by atoms with Gasteiger partial charge in [0.15, 0.2) is 0 Å². The Morgan fingerprint density at radius 3 is 2.62 bits per heavy atom. The number of hydrogen-bond donors (Lipinski definition) is 2. The first-order valence-electron chi connectivity index (χ1n) is 7.95. The SMILES string of the molecule is O=C(NCC1(O)CCCCCC1)c1cc(Br)cn1C1CC1. The summed E-state index contributed by atoms with van der Waals surface area (Å²) < 4.78 is 2.99. The number of carbonyl (C=O) groups excluding carboxylic acids is 1. The van der Waals surface area contributed by atoms with Gasteiger partial charge in [-0.25, -0.2) is 0 Å². The smallest absolute Gasteiger partial charge is 0.268 e. The highest BCUT2D eigenvalue weighted by Gasteiger charge is 2.31. The Morgan fingerprint density at radius 1 is 1.33 bits per heavy atom. The second-order valence-electron chi connectivity index (χ2n) is 6.50. The molecule has 0 unspecified atom stereocenters. The van der Waals surface area contributed by atoms with Crippen LogP contribution in [0.3, 0.4) is 0 Å². The Balaban J connectivity index is 1.63. The van der Waals surface area contributed by atoms with Crippen molar-refractivity contribution in [3.05, 3.63) is 22.4 Å². The third kappa shape index (κ3) is 3.69. The van der Waals surface area contributed by atoms with Gasteiger partial charge in [-0.15, -0.1) is 0 Å². The summed E-state index contributed by atoms with van der Waals surface area (Å²) in [5.41, 5.74) is -0.0259. The molecule has 0 saturated heterocycles. The van der Waals surface area contributed by atoms with E-state index in [1.807, 2.05) is 12.3 Å². The van der Waals surface area contributed by atoms with Crippen LogP contribution in [0.4, 0.5) is 0 Å². The van der Waals surface area contributed by atoms with Crippen LogP contribution in [-0.2, 0) is 0 Å². The van der Waals surface area contributed by atoms with E-state index in [4.69, 9.17) is 0 Å². The van der Waals surface area contributed by atoms with Crippen molar-refractivity contribution < 1.29 is 9.90 Å². The van der Waals surface area contributed by atoms with Crippen LogP contribution in [0.15, 0.2) is 16.7 Å². The predicted molar refractivity (Wildman–Crippen MR) is 85.4 cm³/mol. The predicted octanol–water partition coefficient (Wildman–Crippen LogP) is 3.40. The minimum Gasteiger partial charge on any atom is -0.388 e. The van der Waals surface area contributed by atoms with Gasteiger partial charge in [0.1, 0.15) is 5.69 Å². The minimum atomic E-state index is -0.722. The third-order valence-corrected chi connectivity index (χ3v) is 5.03. The molecule has 0 aromatic carbocycles. The molecule has 21 heavy (non-hydrogen) atoms. The van der Waals surface area contributed by atoms with Crippen molar-refractivity contribution in [3.8, 4) is 0 Å². The van der Waals surface area contributed by atoms with E-state index in [1.165, 1.54) is 12.8 Å². The number of nitrogens with one attached hydrogen (secondary N) is 1. The van der Waals surface area contributed by atoms with Crippen molar-refractivity contribution in [2.75, 3.05) is 6.54 Å². The fourth-order valence-corrected chi connectivity index (χ4v) is 3.62. The van der Waals surface area contributed by atoms with Crippen LogP contribution >= 0.6 is 15.9 Å². The fourth-order valence-electron chi connectivity index (χ4n) is 3.18. The molecule has 3 rings (SSSR count). The standard InChI is InChI=1S/C16H23BrN2O2/c17-12-9-14(19(10-12)13-5-6-13)15(20)18-11-16(21)7-3-1-2-4-8-16/h9-10,13,21H,1-8,11H2,(H,18,20). The van der Waals surface area contributed by atoms with Gasteiger partial charge in [-0.1, -0.05) is 25.7 Å². The summed E-state index contributed by atoms with van der Waals surface area (Å²) >= 11 is 3.45. The molecule has 0 aliphatic heterocycles. The number of carbonyl (C=O) groups is 1. The molecule has 1 amide bonds. The van der Waals surface area contributed by atoms with Crippen molar-refractivity contribution in [2.24, 2.45) is 0 Å². The Labute approximate surface area is 134 Å². The summed E-state index contributed by atoms with van der Waals surface area (Å²) in [6, 6.07) is 2.34. The highest BCUT2D eigenvalue weighted by molar-refractivity contribution is 9.10. The lowest BCUT2D eigenvalue weighted by molar-refractivity contribution is 0.0245. The summed E-state index contributed by atoms with van der Waals surface area (Å²) in [5.74, 6) is -0.0785. The van der Waals surface area contributed by atoms with Gasteiger partial charge in [-0.2, -0.15) is 0 Å². The van der Waals surface area contributed by atoms with Crippen LogP contribution in [0.5, 0.6) is 0 Å². The molecule has 1 aromatic heterocycles. The van der Waals surface area contributed by atoms with E-state index >= 15 is 0 Å². The van der Waals surface area contributed by atoms with Crippen molar-refractivity contribution in [2.45, 2.75) is 63.0 Å². The van der Waals surface area contributed by atoms with E-state index in [0.29, 0.717) is 18.3 Å². The molecule has 2 aliphatic carbocycles. The first-order chi connectivity index (χ1) is 10.1. The van der Waals surface area contributed by atoms with Crippen molar-refractivity contribution in [3.63, 3.8) is 0 Å². The molecular formula is C16H23BrN2O2. The number of hydrogen-bond acceptors (Lipinski definition) is 2. The van der Waals surface area contributed by atoms with Crippen LogP contribution in [-0.4, -0.2) is 27.7 Å². The Morgan fingerprint density at radius 2 is 2.00 bits per heavy atom. The Hall–Kier alpha value is -0.810. The zero-order valence-electron chi connectivity index (χ0n) is 12.3. The van der Waals surface area contributed by atoms with Gasteiger partial charge in [-0.05, 0) is 47.7 Å². The number of aromatic nitrogens is 1. The monoisotopic (exact) mass is 354 g/mol. The maximum absolute atomic E-state index is 12.4. The first-order valence-corrected chi connectivity index (χ1v) is 8.75. The number of nitrogens with zero attached hydrogens (tertiary/aromatic N) is 1. The molecule has 2 N–H and O–H groups in total. The molecule has 1 heterocycles. The lowest BCUT2D eigenvalue weighted by Gasteiger charge is -2.26. The van der Waals surface area contributed by atoms with E-state index in [0.717, 1.165) is 43.0 Å². The molecule has 1 aromatic rings. The van der Waals surface area contributed by atoms with E-state index in [-0.39, 0.29) is 5.91 Å². The number of rotatable bonds is 4. The quantitative estimate of drug-likeness (QED) is 0.814. The maximum atomic E-state index is 12.4. The molecule has 0 atom stereocenters. The van der Waals surface area contributed by atoms with Gasteiger partial charge in [-0.3, -0.25) is 4.79 Å². The second-order valence-corrected chi connectivity index (χ2v) is 7.42. The topological polar surface area (TPSA) is 54.3 Å². The first kappa shape index (κ1) is 15.1. The Kier molecular flexibility index (Phi) is 4.41. The second kappa shape index (κ2) is 6.13. The van der Waals surface area contributed by atoms with Gasteiger partial charge in [0.2, 0.25) is 0 Å². The zero-order valence-corrected chi connectivity index (χ0v) is 13.9. The minimum absolute atomic E-state index is 0.0785. The number of aliphatic hydroxyl groups is 1. The average Bonchev–Trinajstić information content (AvgIpc) is 3.25. The largest absolute Gasteiger partial charge is 0.388 e. The van der Waals surface area contributed by atoms with Crippen LogP contribution < -0.4 is 5.32 Å². The fraction of sp³-hybridized carbons (Fsp3) is 0.688. The molecule has 116 valence electrons. The van der Waals surface area contributed by atoms with Gasteiger partial charge >= 0.3 is 0 Å². The summed E-state index contributed by atoms with van der Waals surface area (Å²) in [5, 5.41) is 13.6. The van der Waals surface area contributed by atoms with E-state index in [1.54, 1.807) is 0 Å². The molecule has 0 spiro atoms. The molecule has 5 heteroatoms. The van der Waals surface area contributed by atoms with Crippen LogP contribution in [0, 0.1) is 0 Å². The molecule has 2 saturated carbocycles.